The molecule has 4 amide bonds. The molecule has 3 aliphatic rings. The Morgan fingerprint density at radius 1 is 1.08 bits per heavy atom. The van der Waals surface area contributed by atoms with Crippen LogP contribution in [0.1, 0.15) is 105 Å². The van der Waals surface area contributed by atoms with Crippen LogP contribution in [0.3, 0.4) is 0 Å². The third-order valence-electron chi connectivity index (χ3n) is 10.5. The highest BCUT2D eigenvalue weighted by Crippen LogP contribution is 2.38. The molecule has 50 heavy (non-hydrogen) atoms. The smallest absolute Gasteiger partial charge is 0.287 e. The van der Waals surface area contributed by atoms with Gasteiger partial charge < -0.3 is 31.2 Å². The van der Waals surface area contributed by atoms with Crippen molar-refractivity contribution in [3.63, 3.8) is 0 Å². The number of fused-ring (bicyclic) bond motifs is 1. The molecule has 0 spiro atoms. The molecule has 3 fully saturated rings. The van der Waals surface area contributed by atoms with E-state index < -0.39 is 52.6 Å². The summed E-state index contributed by atoms with van der Waals surface area (Å²) < 4.78 is 3.24. The van der Waals surface area contributed by atoms with Gasteiger partial charge in [0.05, 0.1) is 35.1 Å². The summed E-state index contributed by atoms with van der Waals surface area (Å²) in [5, 5.41) is 22.1. The summed E-state index contributed by atoms with van der Waals surface area (Å²) in [6, 6.07) is 1.70. The second-order valence-corrected chi connectivity index (χ2v) is 15.6. The number of primary amides is 2. The van der Waals surface area contributed by atoms with Gasteiger partial charge >= 0.3 is 0 Å². The van der Waals surface area contributed by atoms with Gasteiger partial charge in [0, 0.05) is 25.4 Å². The van der Waals surface area contributed by atoms with E-state index >= 15 is 0 Å². The van der Waals surface area contributed by atoms with Crippen molar-refractivity contribution in [2.75, 3.05) is 18.1 Å². The highest BCUT2D eigenvalue weighted by Gasteiger charge is 2.49. The van der Waals surface area contributed by atoms with Crippen LogP contribution >= 0.6 is 11.8 Å². The molecule has 6 N–H and O–H groups in total. The zero-order chi connectivity index (χ0) is 35.8. The summed E-state index contributed by atoms with van der Waals surface area (Å²) >= 11 is 1.62. The van der Waals surface area contributed by atoms with Crippen LogP contribution in [0.4, 0.5) is 0 Å². The lowest BCUT2D eigenvalue weighted by Crippen LogP contribution is -2.62. The monoisotopic (exact) mass is 707 g/mol. The fourth-order valence-electron chi connectivity index (χ4n) is 7.75. The second-order valence-electron chi connectivity index (χ2n) is 14.4. The van der Waals surface area contributed by atoms with Crippen LogP contribution in [-0.4, -0.2) is 93.4 Å². The third-order valence-corrected chi connectivity index (χ3v) is 11.5. The van der Waals surface area contributed by atoms with Crippen molar-refractivity contribution in [2.45, 2.75) is 101 Å². The topological polar surface area (TPSA) is 221 Å². The van der Waals surface area contributed by atoms with Gasteiger partial charge in [0.25, 0.3) is 5.91 Å². The number of amides is 4. The number of nitrogens with two attached hydrogens (primary N) is 2. The zero-order valence-electron chi connectivity index (χ0n) is 28.4. The van der Waals surface area contributed by atoms with Gasteiger partial charge in [-0.15, -0.1) is 5.10 Å². The molecule has 5 heterocycles. The van der Waals surface area contributed by atoms with Gasteiger partial charge in [-0.2, -0.15) is 11.8 Å². The number of nitrogens with one attached hydrogen (secondary N) is 1. The summed E-state index contributed by atoms with van der Waals surface area (Å²) in [6.45, 7) is 3.30. The molecule has 2 aliphatic heterocycles. The highest BCUT2D eigenvalue weighted by molar-refractivity contribution is 7.99. The summed E-state index contributed by atoms with van der Waals surface area (Å²) in [5.41, 5.74) is 9.99. The predicted octanol–water partition coefficient (Wildman–Crippen LogP) is 1.58. The van der Waals surface area contributed by atoms with Crippen LogP contribution in [-0.2, 0) is 24.8 Å². The van der Waals surface area contributed by atoms with Crippen LogP contribution in [0.2, 0.25) is 0 Å². The van der Waals surface area contributed by atoms with Crippen LogP contribution in [0.15, 0.2) is 30.7 Å². The zero-order valence-corrected chi connectivity index (χ0v) is 29.2. The Morgan fingerprint density at radius 2 is 1.80 bits per heavy atom. The summed E-state index contributed by atoms with van der Waals surface area (Å²) in [7, 11) is 0. The van der Waals surface area contributed by atoms with E-state index in [4.69, 9.17) is 16.5 Å². The van der Waals surface area contributed by atoms with Crippen LogP contribution in [0.25, 0.3) is 5.65 Å². The van der Waals surface area contributed by atoms with Gasteiger partial charge in [-0.1, -0.05) is 37.3 Å². The summed E-state index contributed by atoms with van der Waals surface area (Å²) in [5.74, 6) is -2.78. The maximum absolute atomic E-state index is 15.0. The van der Waals surface area contributed by atoms with Crippen LogP contribution in [0, 0.1) is 5.92 Å². The SMILES string of the molecule is CC(C)(O)c1cnnn1[C@H]1C[C@@H](C(=O)NC2(C(=O)C(N)=O)CCSCC2)N(C(=O)[C@H](CC2CCCCC2)c2cn3cc(C(N)=O)ccc3n2)C1. The Balaban J connectivity index is 1.39. The molecule has 3 aromatic rings. The Labute approximate surface area is 293 Å². The second kappa shape index (κ2) is 14.1. The lowest BCUT2D eigenvalue weighted by molar-refractivity contribution is -0.145. The van der Waals surface area contributed by atoms with E-state index in [1.165, 1.54) is 11.1 Å². The number of ketones is 1. The Kier molecular flexibility index (Phi) is 10.0. The number of Topliss-reactive ketones (excluding diaryl/α,β-unsaturated/α-hetero) is 1. The number of pyridine rings is 1. The Hall–Kier alpha value is -4.31. The standard InChI is InChI=1S/C34H45N9O6S/c1-33(2,49)26-16-37-40-43(26)22-15-25(31(47)39-34(28(44)30(36)46)10-12-50-13-11-34)42(18-22)32(48)23(14-20-6-4-3-5-7-20)24-19-41-17-21(29(35)45)8-9-27(41)38-24/h8-9,16-17,19-20,22-23,25,49H,3-7,10-15,18H2,1-2H3,(H2,35,45)(H2,36,46)(H,39,47)/t22-,23+,25-/m0/s1. The number of imidazole rings is 1. The van der Waals surface area contributed by atoms with Gasteiger partial charge in [-0.3, -0.25) is 24.0 Å². The molecular weight excluding hydrogens is 662 g/mol. The van der Waals surface area contributed by atoms with E-state index in [2.05, 4.69) is 15.6 Å². The molecule has 16 heteroatoms. The number of aliphatic hydroxyl groups is 1. The van der Waals surface area contributed by atoms with Crippen molar-refractivity contribution < 1.29 is 29.1 Å². The minimum atomic E-state index is -1.46. The van der Waals surface area contributed by atoms with Crippen molar-refractivity contribution >= 4 is 46.8 Å². The Morgan fingerprint density at radius 3 is 2.46 bits per heavy atom. The quantitative estimate of drug-likeness (QED) is 0.211. The molecule has 0 unspecified atom stereocenters. The predicted molar refractivity (Wildman–Crippen MR) is 184 cm³/mol. The summed E-state index contributed by atoms with van der Waals surface area (Å²) in [6.07, 6.45) is 11.1. The van der Waals surface area contributed by atoms with E-state index in [9.17, 15) is 29.1 Å². The first-order valence-electron chi connectivity index (χ1n) is 17.2. The molecule has 0 bridgehead atoms. The van der Waals surface area contributed by atoms with Crippen molar-refractivity contribution in [2.24, 2.45) is 17.4 Å². The molecule has 1 saturated carbocycles. The number of carbonyl (C=O) groups is 5. The average Bonchev–Trinajstić information content (AvgIpc) is 3.85. The maximum Gasteiger partial charge on any atom is 0.287 e. The number of carbonyl (C=O) groups excluding carboxylic acids is 5. The minimum Gasteiger partial charge on any atom is -0.384 e. The molecule has 15 nitrogen and oxygen atoms in total. The number of rotatable bonds is 11. The maximum atomic E-state index is 15.0. The van der Waals surface area contributed by atoms with Gasteiger partial charge in [0.2, 0.25) is 23.5 Å². The van der Waals surface area contributed by atoms with Gasteiger partial charge in [-0.25, -0.2) is 9.67 Å². The first-order valence-corrected chi connectivity index (χ1v) is 18.4. The minimum absolute atomic E-state index is 0.0797. The third kappa shape index (κ3) is 7.13. The fourth-order valence-corrected chi connectivity index (χ4v) is 8.94. The number of aromatic nitrogens is 5. The molecule has 3 aromatic heterocycles. The molecule has 0 aromatic carbocycles. The molecular formula is C34H45N9O6S. The highest BCUT2D eigenvalue weighted by atomic mass is 32.2. The van der Waals surface area contributed by atoms with E-state index in [-0.39, 0.29) is 37.6 Å². The lowest BCUT2D eigenvalue weighted by Gasteiger charge is -2.37. The van der Waals surface area contributed by atoms with E-state index in [0.29, 0.717) is 40.5 Å². The first-order chi connectivity index (χ1) is 23.8. The molecule has 0 radical (unpaired) electrons. The number of nitrogens with zero attached hydrogens (tertiary/aromatic N) is 6. The van der Waals surface area contributed by atoms with Gasteiger partial charge in [0.1, 0.15) is 22.8 Å². The van der Waals surface area contributed by atoms with E-state index in [0.717, 1.165) is 32.1 Å². The normalized spacial score (nSPS) is 21.9. The Bertz CT molecular complexity index is 1790. The van der Waals surface area contributed by atoms with Crippen molar-refractivity contribution in [3.8, 4) is 0 Å². The van der Waals surface area contributed by atoms with E-state index in [1.54, 1.807) is 59.2 Å². The van der Waals surface area contributed by atoms with Crippen LogP contribution in [0.5, 0.6) is 0 Å². The molecule has 6 rings (SSSR count). The fraction of sp³-hybridized carbons (Fsp3) is 0.588. The van der Waals surface area contributed by atoms with Crippen molar-refractivity contribution in [3.05, 3.63) is 47.7 Å². The molecule has 2 saturated heterocycles. The number of thioether (sulfide) groups is 1. The van der Waals surface area contributed by atoms with Crippen molar-refractivity contribution in [1.29, 1.82) is 0 Å². The van der Waals surface area contributed by atoms with E-state index in [1.807, 2.05) is 0 Å². The number of hydrogen-bond donors (Lipinski definition) is 4. The number of hydrogen-bond acceptors (Lipinski definition) is 10. The van der Waals surface area contributed by atoms with Crippen molar-refractivity contribution in [1.82, 2.24) is 34.6 Å². The van der Waals surface area contributed by atoms with Gasteiger partial charge in [0.15, 0.2) is 0 Å². The lowest BCUT2D eigenvalue weighted by atomic mass is 9.81. The molecule has 268 valence electrons. The average molecular weight is 708 g/mol. The first kappa shape index (κ1) is 35.5. The van der Waals surface area contributed by atoms with Gasteiger partial charge in [-0.05, 0) is 62.7 Å². The largest absolute Gasteiger partial charge is 0.384 e. The number of likely N-dealkylation sites (tertiary alicyclic amines) is 1. The molecule has 3 atom stereocenters. The molecule has 1 aliphatic carbocycles. The van der Waals surface area contributed by atoms with Crippen LogP contribution < -0.4 is 16.8 Å². The summed E-state index contributed by atoms with van der Waals surface area (Å²) in [4.78, 5) is 72.9.